The predicted octanol–water partition coefficient (Wildman–Crippen LogP) is 1.05. The van der Waals surface area contributed by atoms with Crippen LogP contribution >= 0.6 is 0 Å². The van der Waals surface area contributed by atoms with Gasteiger partial charge in [0, 0.05) is 18.7 Å². The molecule has 0 spiro atoms. The van der Waals surface area contributed by atoms with Crippen LogP contribution in [0.2, 0.25) is 0 Å². The average molecular weight is 314 g/mol. The molecule has 1 aliphatic heterocycles. The second-order valence-corrected chi connectivity index (χ2v) is 8.13. The average Bonchev–Trinajstić information content (AvgIpc) is 3.04. The van der Waals surface area contributed by atoms with Gasteiger partial charge in [-0.05, 0) is 31.2 Å². The molecule has 0 saturated carbocycles. The lowest BCUT2D eigenvalue weighted by atomic mass is 9.96. The first kappa shape index (κ1) is 16.5. The molecule has 1 aromatic heterocycles. The third-order valence-corrected chi connectivity index (χ3v) is 6.25. The van der Waals surface area contributed by atoms with Crippen molar-refractivity contribution in [3.05, 3.63) is 18.0 Å². The maximum Gasteiger partial charge on any atom is 0.150 e. The maximum absolute atomic E-state index is 11.6. The Morgan fingerprint density at radius 2 is 2.19 bits per heavy atom. The van der Waals surface area contributed by atoms with Crippen LogP contribution in [0.1, 0.15) is 44.8 Å². The van der Waals surface area contributed by atoms with Crippen molar-refractivity contribution in [3.63, 3.8) is 0 Å². The Hall–Kier alpha value is -0.920. The second-order valence-electron chi connectivity index (χ2n) is 5.90. The normalized spacial score (nSPS) is 22.8. The highest BCUT2D eigenvalue weighted by molar-refractivity contribution is 7.91. The number of hydrazine groups is 1. The van der Waals surface area contributed by atoms with Crippen LogP contribution in [0, 0.1) is 5.92 Å². The Kier molecular flexibility index (Phi) is 5.40. The largest absolute Gasteiger partial charge is 0.271 e. The van der Waals surface area contributed by atoms with E-state index in [9.17, 15) is 8.42 Å². The summed E-state index contributed by atoms with van der Waals surface area (Å²) >= 11 is 0. The molecule has 1 aliphatic rings. The van der Waals surface area contributed by atoms with Crippen molar-refractivity contribution in [2.24, 2.45) is 11.8 Å². The highest BCUT2D eigenvalue weighted by Gasteiger charge is 2.33. The molecule has 21 heavy (non-hydrogen) atoms. The highest BCUT2D eigenvalue weighted by atomic mass is 32.2. The molecule has 6 nitrogen and oxygen atoms in total. The van der Waals surface area contributed by atoms with Crippen LogP contribution in [0.25, 0.3) is 0 Å². The summed E-state index contributed by atoms with van der Waals surface area (Å²) in [4.78, 5) is 0. The Morgan fingerprint density at radius 3 is 2.71 bits per heavy atom. The summed E-state index contributed by atoms with van der Waals surface area (Å²) in [6.07, 6.45) is 5.47. The fourth-order valence-corrected chi connectivity index (χ4v) is 4.96. The Morgan fingerprint density at radius 1 is 1.48 bits per heavy atom. The SMILES string of the molecule is CCC(CC)n1ccc(CC(NN)C2CCS(=O)(=O)C2)n1. The number of rotatable bonds is 7. The standard InChI is InChI=1S/C14H26N4O2S/c1-3-13(4-2)18-7-5-12(17-18)9-14(16-15)11-6-8-21(19,20)10-11/h5,7,11,13-14,16H,3-4,6,8-10,15H2,1-2H3. The van der Waals surface area contributed by atoms with Crippen LogP contribution in [0.15, 0.2) is 12.3 Å². The predicted molar refractivity (Wildman–Crippen MR) is 83.4 cm³/mol. The van der Waals surface area contributed by atoms with Gasteiger partial charge < -0.3 is 0 Å². The first-order valence-electron chi connectivity index (χ1n) is 7.69. The van der Waals surface area contributed by atoms with Gasteiger partial charge in [0.05, 0.1) is 23.2 Å². The van der Waals surface area contributed by atoms with Crippen LogP contribution in [-0.2, 0) is 16.3 Å². The third kappa shape index (κ3) is 4.05. The molecule has 0 aromatic carbocycles. The van der Waals surface area contributed by atoms with Gasteiger partial charge in [-0.15, -0.1) is 0 Å². The Labute approximate surface area is 127 Å². The first-order valence-corrected chi connectivity index (χ1v) is 9.51. The molecule has 0 bridgehead atoms. The number of hydrogen-bond acceptors (Lipinski definition) is 5. The van der Waals surface area contributed by atoms with Crippen molar-refractivity contribution < 1.29 is 8.42 Å². The lowest BCUT2D eigenvalue weighted by Gasteiger charge is -2.20. The molecular formula is C14H26N4O2S. The van der Waals surface area contributed by atoms with Gasteiger partial charge >= 0.3 is 0 Å². The van der Waals surface area contributed by atoms with E-state index in [1.54, 1.807) is 0 Å². The molecule has 0 aliphatic carbocycles. The second kappa shape index (κ2) is 6.89. The van der Waals surface area contributed by atoms with Gasteiger partial charge in [-0.25, -0.2) is 8.42 Å². The van der Waals surface area contributed by atoms with Crippen LogP contribution in [0.5, 0.6) is 0 Å². The number of hydrogen-bond donors (Lipinski definition) is 2. The monoisotopic (exact) mass is 314 g/mol. The minimum absolute atomic E-state index is 0.0349. The van der Waals surface area contributed by atoms with E-state index in [-0.39, 0.29) is 23.5 Å². The van der Waals surface area contributed by atoms with Gasteiger partial charge in [0.1, 0.15) is 0 Å². The Balaban J connectivity index is 2.02. The zero-order valence-electron chi connectivity index (χ0n) is 12.8. The number of nitrogens with zero attached hydrogens (tertiary/aromatic N) is 2. The molecule has 1 fully saturated rings. The van der Waals surface area contributed by atoms with Crippen LogP contribution in [0.3, 0.4) is 0 Å². The zero-order valence-corrected chi connectivity index (χ0v) is 13.6. The summed E-state index contributed by atoms with van der Waals surface area (Å²) in [5.41, 5.74) is 3.75. The van der Waals surface area contributed by atoms with Gasteiger partial charge in [-0.3, -0.25) is 16.0 Å². The summed E-state index contributed by atoms with van der Waals surface area (Å²) < 4.78 is 25.2. The first-order chi connectivity index (χ1) is 9.99. The molecule has 0 radical (unpaired) electrons. The molecule has 3 N–H and O–H groups in total. The number of sulfone groups is 1. The summed E-state index contributed by atoms with van der Waals surface area (Å²) in [5.74, 6) is 6.22. The number of aromatic nitrogens is 2. The zero-order chi connectivity index (χ0) is 15.5. The summed E-state index contributed by atoms with van der Waals surface area (Å²) in [5, 5.41) is 4.62. The molecule has 2 atom stereocenters. The van der Waals surface area contributed by atoms with Crippen molar-refractivity contribution in [2.75, 3.05) is 11.5 Å². The van der Waals surface area contributed by atoms with E-state index in [2.05, 4.69) is 24.4 Å². The van der Waals surface area contributed by atoms with Crippen molar-refractivity contribution in [1.29, 1.82) is 0 Å². The van der Waals surface area contributed by atoms with E-state index in [1.165, 1.54) is 0 Å². The minimum Gasteiger partial charge on any atom is -0.271 e. The van der Waals surface area contributed by atoms with Gasteiger partial charge in [-0.1, -0.05) is 13.8 Å². The summed E-state index contributed by atoms with van der Waals surface area (Å²) in [6, 6.07) is 2.40. The summed E-state index contributed by atoms with van der Waals surface area (Å²) in [7, 11) is -2.88. The highest BCUT2D eigenvalue weighted by Crippen LogP contribution is 2.24. The smallest absolute Gasteiger partial charge is 0.150 e. The molecule has 7 heteroatoms. The van der Waals surface area contributed by atoms with E-state index in [0.717, 1.165) is 18.5 Å². The number of nitrogens with one attached hydrogen (secondary N) is 1. The lowest BCUT2D eigenvalue weighted by Crippen LogP contribution is -2.43. The fourth-order valence-electron chi connectivity index (χ4n) is 3.08. The quantitative estimate of drug-likeness (QED) is 0.580. The van der Waals surface area contributed by atoms with Crippen molar-refractivity contribution in [3.8, 4) is 0 Å². The molecule has 1 saturated heterocycles. The van der Waals surface area contributed by atoms with Crippen molar-refractivity contribution in [1.82, 2.24) is 15.2 Å². The van der Waals surface area contributed by atoms with Crippen LogP contribution in [0.4, 0.5) is 0 Å². The van der Waals surface area contributed by atoms with E-state index < -0.39 is 9.84 Å². The van der Waals surface area contributed by atoms with Gasteiger partial charge in [0.25, 0.3) is 0 Å². The molecule has 2 heterocycles. The molecule has 120 valence electrons. The molecule has 2 unspecified atom stereocenters. The van der Waals surface area contributed by atoms with Gasteiger partial charge in [0.15, 0.2) is 9.84 Å². The lowest BCUT2D eigenvalue weighted by molar-refractivity contribution is 0.376. The van der Waals surface area contributed by atoms with Crippen LogP contribution in [-0.4, -0.2) is 35.7 Å². The third-order valence-electron chi connectivity index (χ3n) is 4.46. The summed E-state index contributed by atoms with van der Waals surface area (Å²) in [6.45, 7) is 4.31. The van der Waals surface area contributed by atoms with E-state index in [4.69, 9.17) is 5.84 Å². The molecule has 2 rings (SSSR count). The Bertz CT molecular complexity index is 551. The number of nitrogens with two attached hydrogens (primary N) is 1. The fraction of sp³-hybridized carbons (Fsp3) is 0.786. The molecule has 0 amide bonds. The van der Waals surface area contributed by atoms with E-state index in [1.807, 2.05) is 16.9 Å². The van der Waals surface area contributed by atoms with Crippen molar-refractivity contribution >= 4 is 9.84 Å². The van der Waals surface area contributed by atoms with E-state index >= 15 is 0 Å². The topological polar surface area (TPSA) is 90.0 Å². The maximum atomic E-state index is 11.6. The van der Waals surface area contributed by atoms with Gasteiger partial charge in [0.2, 0.25) is 0 Å². The van der Waals surface area contributed by atoms with Crippen molar-refractivity contribution in [2.45, 2.75) is 51.6 Å². The van der Waals surface area contributed by atoms with E-state index in [0.29, 0.717) is 18.9 Å². The molecule has 1 aromatic rings. The van der Waals surface area contributed by atoms with Gasteiger partial charge in [-0.2, -0.15) is 5.10 Å². The minimum atomic E-state index is -2.88. The molecular weight excluding hydrogens is 288 g/mol. The van der Waals surface area contributed by atoms with Crippen LogP contribution < -0.4 is 11.3 Å².